The van der Waals surface area contributed by atoms with E-state index in [0.29, 0.717) is 17.0 Å². The van der Waals surface area contributed by atoms with Crippen LogP contribution in [0.3, 0.4) is 0 Å². The number of carbonyl (C=O) groups excluding carboxylic acids is 2. The second-order valence-corrected chi connectivity index (χ2v) is 7.45. The fraction of sp³-hybridized carbons (Fsp3) is 0.391. The van der Waals surface area contributed by atoms with Gasteiger partial charge in [-0.3, -0.25) is 0 Å². The summed E-state index contributed by atoms with van der Waals surface area (Å²) in [7, 11) is 0. The van der Waals surface area contributed by atoms with Crippen LogP contribution in [0.5, 0.6) is 0 Å². The van der Waals surface area contributed by atoms with Gasteiger partial charge in [-0.2, -0.15) is 0 Å². The lowest BCUT2D eigenvalue weighted by Crippen LogP contribution is -2.13. The highest BCUT2D eigenvalue weighted by atomic mass is 16.5. The van der Waals surface area contributed by atoms with Gasteiger partial charge in [-0.15, -0.1) is 0 Å². The average molecular weight is 368 g/mol. The molecule has 27 heavy (non-hydrogen) atoms. The molecule has 0 saturated heterocycles. The molecule has 2 rings (SSSR count). The van der Waals surface area contributed by atoms with E-state index in [4.69, 9.17) is 9.47 Å². The van der Waals surface area contributed by atoms with E-state index < -0.39 is 0 Å². The van der Waals surface area contributed by atoms with E-state index in [9.17, 15) is 9.59 Å². The van der Waals surface area contributed by atoms with Crippen LogP contribution >= 0.6 is 0 Å². The van der Waals surface area contributed by atoms with Crippen LogP contribution in [0.2, 0.25) is 0 Å². The van der Waals surface area contributed by atoms with Crippen LogP contribution in [0.25, 0.3) is 11.1 Å². The molecule has 2 aromatic carbocycles. The molecule has 0 saturated carbocycles. The lowest BCUT2D eigenvalue weighted by atomic mass is 9.93. The normalized spacial score (nSPS) is 11.1. The maximum atomic E-state index is 12.6. The smallest absolute Gasteiger partial charge is 0.339 e. The van der Waals surface area contributed by atoms with Gasteiger partial charge < -0.3 is 9.47 Å². The number of esters is 2. The second-order valence-electron chi connectivity index (χ2n) is 7.45. The Labute approximate surface area is 161 Å². The Kier molecular flexibility index (Phi) is 6.78. The van der Waals surface area contributed by atoms with E-state index in [0.717, 1.165) is 16.7 Å². The molecule has 0 aliphatic carbocycles. The number of ether oxygens (including phenoxy) is 2. The molecule has 0 amide bonds. The van der Waals surface area contributed by atoms with Gasteiger partial charge in [-0.25, -0.2) is 9.59 Å². The zero-order valence-corrected chi connectivity index (χ0v) is 16.9. The molecule has 0 unspecified atom stereocenters. The van der Waals surface area contributed by atoms with Gasteiger partial charge in [0.25, 0.3) is 0 Å². The summed E-state index contributed by atoms with van der Waals surface area (Å²) in [5, 5.41) is 0. The van der Waals surface area contributed by atoms with E-state index in [1.54, 1.807) is 12.1 Å². The first-order valence-electron chi connectivity index (χ1n) is 9.35. The summed E-state index contributed by atoms with van der Waals surface area (Å²) in [5.74, 6) is -0.394. The first-order valence-corrected chi connectivity index (χ1v) is 9.35. The summed E-state index contributed by atoms with van der Waals surface area (Å²) in [6.45, 7) is 11.5. The molecule has 4 nitrogen and oxygen atoms in total. The zero-order valence-electron chi connectivity index (χ0n) is 16.9. The summed E-state index contributed by atoms with van der Waals surface area (Å²) >= 11 is 0. The summed E-state index contributed by atoms with van der Waals surface area (Å²) in [5.41, 5.74) is 3.73. The van der Waals surface area contributed by atoms with Gasteiger partial charge in [0.15, 0.2) is 0 Å². The van der Waals surface area contributed by atoms with Crippen molar-refractivity contribution >= 4 is 11.9 Å². The van der Waals surface area contributed by atoms with E-state index in [-0.39, 0.29) is 24.1 Å². The zero-order chi connectivity index (χ0) is 20.1. The maximum Gasteiger partial charge on any atom is 0.339 e. The lowest BCUT2D eigenvalue weighted by molar-refractivity contribution is 0.0367. The number of benzene rings is 2. The van der Waals surface area contributed by atoms with Crippen molar-refractivity contribution in [3.05, 3.63) is 59.2 Å². The van der Waals surface area contributed by atoms with E-state index >= 15 is 0 Å². The third-order valence-corrected chi connectivity index (χ3v) is 4.05. The Morgan fingerprint density at radius 1 is 0.741 bits per heavy atom. The van der Waals surface area contributed by atoms with Crippen molar-refractivity contribution in [1.82, 2.24) is 0 Å². The first-order chi connectivity index (χ1) is 12.7. The van der Waals surface area contributed by atoms with Gasteiger partial charge in [0.1, 0.15) is 0 Å². The number of hydrogen-bond acceptors (Lipinski definition) is 4. The maximum absolute atomic E-state index is 12.6. The molecule has 0 aromatic heterocycles. The SMILES string of the molecule is CC(C)OC(=O)c1ccc(-c2ccc(C(C)C)cc2C(=O)OC(C)C)cc1. The molecule has 144 valence electrons. The van der Waals surface area contributed by atoms with E-state index in [2.05, 4.69) is 13.8 Å². The molecule has 0 aliphatic heterocycles. The van der Waals surface area contributed by atoms with Crippen LogP contribution in [0.4, 0.5) is 0 Å². The Balaban J connectivity index is 2.41. The van der Waals surface area contributed by atoms with Crippen LogP contribution in [0.15, 0.2) is 42.5 Å². The molecule has 4 heteroatoms. The van der Waals surface area contributed by atoms with Crippen molar-refractivity contribution in [1.29, 1.82) is 0 Å². The molecule has 0 aliphatic rings. The number of hydrogen-bond donors (Lipinski definition) is 0. The van der Waals surface area contributed by atoms with Gasteiger partial charge in [0.05, 0.1) is 23.3 Å². The Morgan fingerprint density at radius 2 is 1.30 bits per heavy atom. The Hall–Kier alpha value is -2.62. The van der Waals surface area contributed by atoms with Crippen LogP contribution in [0, 0.1) is 0 Å². The molecule has 0 bridgehead atoms. The highest BCUT2D eigenvalue weighted by Gasteiger charge is 2.18. The van der Waals surface area contributed by atoms with Gasteiger partial charge in [-0.1, -0.05) is 38.1 Å². The third kappa shape index (κ3) is 5.43. The summed E-state index contributed by atoms with van der Waals surface area (Å²) in [6, 6.07) is 12.9. The number of rotatable bonds is 6. The highest BCUT2D eigenvalue weighted by molar-refractivity contribution is 5.98. The number of carbonyl (C=O) groups is 2. The molecule has 0 heterocycles. The largest absolute Gasteiger partial charge is 0.459 e. The monoisotopic (exact) mass is 368 g/mol. The van der Waals surface area contributed by atoms with Crippen molar-refractivity contribution in [3.63, 3.8) is 0 Å². The molecule has 0 N–H and O–H groups in total. The van der Waals surface area contributed by atoms with Crippen LogP contribution in [0.1, 0.15) is 73.7 Å². The molecule has 0 atom stereocenters. The predicted molar refractivity (Wildman–Crippen MR) is 107 cm³/mol. The van der Waals surface area contributed by atoms with Crippen LogP contribution < -0.4 is 0 Å². The first kappa shape index (κ1) is 20.7. The standard InChI is InChI=1S/C23H28O4/c1-14(2)19-11-12-20(21(13-19)23(25)27-16(5)6)17-7-9-18(10-8-17)22(24)26-15(3)4/h7-16H,1-6H3. The molecular weight excluding hydrogens is 340 g/mol. The van der Waals surface area contributed by atoms with E-state index in [1.807, 2.05) is 58.0 Å². The minimum Gasteiger partial charge on any atom is -0.459 e. The molecule has 2 aromatic rings. The van der Waals surface area contributed by atoms with Gasteiger partial charge >= 0.3 is 11.9 Å². The van der Waals surface area contributed by atoms with Gasteiger partial charge in [0.2, 0.25) is 0 Å². The van der Waals surface area contributed by atoms with E-state index in [1.165, 1.54) is 0 Å². The van der Waals surface area contributed by atoms with Crippen molar-refractivity contribution in [2.75, 3.05) is 0 Å². The fourth-order valence-corrected chi connectivity index (χ4v) is 2.69. The third-order valence-electron chi connectivity index (χ3n) is 4.05. The minimum atomic E-state index is -0.355. The molecular formula is C23H28O4. The van der Waals surface area contributed by atoms with Gasteiger partial charge in [0, 0.05) is 0 Å². The van der Waals surface area contributed by atoms with Crippen molar-refractivity contribution in [3.8, 4) is 11.1 Å². The lowest BCUT2D eigenvalue weighted by Gasteiger charge is -2.15. The Bertz CT molecular complexity index is 802. The highest BCUT2D eigenvalue weighted by Crippen LogP contribution is 2.29. The van der Waals surface area contributed by atoms with Crippen molar-refractivity contribution in [2.45, 2.75) is 59.7 Å². The quantitative estimate of drug-likeness (QED) is 0.622. The Morgan fingerprint density at radius 3 is 1.81 bits per heavy atom. The van der Waals surface area contributed by atoms with Crippen LogP contribution in [-0.4, -0.2) is 24.1 Å². The minimum absolute atomic E-state index is 0.168. The summed E-state index contributed by atoms with van der Waals surface area (Å²) in [6.07, 6.45) is -0.362. The van der Waals surface area contributed by atoms with Crippen molar-refractivity contribution in [2.24, 2.45) is 0 Å². The van der Waals surface area contributed by atoms with Gasteiger partial charge in [-0.05, 0) is 68.5 Å². The molecule has 0 radical (unpaired) electrons. The second kappa shape index (κ2) is 8.85. The molecule has 0 spiro atoms. The summed E-state index contributed by atoms with van der Waals surface area (Å²) < 4.78 is 10.6. The average Bonchev–Trinajstić information content (AvgIpc) is 2.60. The molecule has 0 fully saturated rings. The topological polar surface area (TPSA) is 52.6 Å². The van der Waals surface area contributed by atoms with Crippen LogP contribution in [-0.2, 0) is 9.47 Å². The fourth-order valence-electron chi connectivity index (χ4n) is 2.69. The predicted octanol–water partition coefficient (Wildman–Crippen LogP) is 5.61. The summed E-state index contributed by atoms with van der Waals surface area (Å²) in [4.78, 5) is 24.6. The van der Waals surface area contributed by atoms with Crippen molar-refractivity contribution < 1.29 is 19.1 Å².